The van der Waals surface area contributed by atoms with E-state index in [4.69, 9.17) is 9.15 Å². The summed E-state index contributed by atoms with van der Waals surface area (Å²) in [5.41, 5.74) is 3.16. The number of aromatic nitrogens is 2. The Labute approximate surface area is 193 Å². The molecular weight excluding hydrogens is 446 g/mol. The van der Waals surface area contributed by atoms with Crippen LogP contribution in [-0.2, 0) is 25.9 Å². The summed E-state index contributed by atoms with van der Waals surface area (Å²) in [6.07, 6.45) is 0. The van der Waals surface area contributed by atoms with Gasteiger partial charge in [0.1, 0.15) is 0 Å². The Hall–Kier alpha value is -2.20. The predicted molar refractivity (Wildman–Crippen MR) is 124 cm³/mol. The molecule has 2 heterocycles. The van der Waals surface area contributed by atoms with E-state index in [1.807, 2.05) is 0 Å². The van der Waals surface area contributed by atoms with Crippen molar-refractivity contribution in [1.82, 2.24) is 14.5 Å². The van der Waals surface area contributed by atoms with Gasteiger partial charge in [0.05, 0.1) is 18.1 Å². The number of hydrogen-bond acceptors (Lipinski definition) is 7. The molecule has 9 heteroatoms. The zero-order valence-corrected chi connectivity index (χ0v) is 20.1. The van der Waals surface area contributed by atoms with Crippen molar-refractivity contribution in [3.8, 4) is 11.5 Å². The summed E-state index contributed by atoms with van der Waals surface area (Å²) in [5.74, 6) is 1.01. The first-order chi connectivity index (χ1) is 15.2. The highest BCUT2D eigenvalue weighted by Crippen LogP contribution is 2.29. The van der Waals surface area contributed by atoms with Crippen molar-refractivity contribution in [3.63, 3.8) is 0 Å². The van der Waals surface area contributed by atoms with Crippen LogP contribution in [0.15, 0.2) is 63.1 Å². The lowest BCUT2D eigenvalue weighted by Crippen LogP contribution is -2.40. The van der Waals surface area contributed by atoms with Gasteiger partial charge in [-0.15, -0.1) is 10.2 Å². The standard InChI is InChI=1S/C23H27N3O4S2/c1-23(2,3)19-9-7-17(8-10-19)16-31-22-25-24-21(30-22)18-5-4-6-20(15-18)32(27,28)26-11-13-29-14-12-26/h4-10,15H,11-14,16H2,1-3H3. The quantitative estimate of drug-likeness (QED) is 0.492. The monoisotopic (exact) mass is 473 g/mol. The highest BCUT2D eigenvalue weighted by Gasteiger charge is 2.27. The lowest BCUT2D eigenvalue weighted by molar-refractivity contribution is 0.0730. The third-order valence-electron chi connectivity index (χ3n) is 5.28. The normalized spacial score (nSPS) is 15.7. The fraction of sp³-hybridized carbons (Fsp3) is 0.391. The number of rotatable bonds is 6. The van der Waals surface area contributed by atoms with Gasteiger partial charge in [0.25, 0.3) is 5.22 Å². The van der Waals surface area contributed by atoms with Crippen molar-refractivity contribution < 1.29 is 17.6 Å². The molecule has 0 N–H and O–H groups in total. The molecule has 0 saturated carbocycles. The van der Waals surface area contributed by atoms with Crippen LogP contribution in [0, 0.1) is 0 Å². The van der Waals surface area contributed by atoms with Gasteiger partial charge in [-0.1, -0.05) is 62.9 Å². The van der Waals surface area contributed by atoms with Crippen LogP contribution in [0.3, 0.4) is 0 Å². The number of hydrogen-bond donors (Lipinski definition) is 0. The topological polar surface area (TPSA) is 85.5 Å². The van der Waals surface area contributed by atoms with Crippen molar-refractivity contribution in [2.24, 2.45) is 0 Å². The van der Waals surface area contributed by atoms with Gasteiger partial charge in [-0.05, 0) is 34.7 Å². The molecular formula is C23H27N3O4S2. The average molecular weight is 474 g/mol. The Morgan fingerprint density at radius 3 is 2.44 bits per heavy atom. The first-order valence-electron chi connectivity index (χ1n) is 10.5. The molecule has 1 fully saturated rings. The van der Waals surface area contributed by atoms with Crippen LogP contribution in [0.25, 0.3) is 11.5 Å². The Balaban J connectivity index is 1.45. The van der Waals surface area contributed by atoms with E-state index in [0.717, 1.165) is 0 Å². The SMILES string of the molecule is CC(C)(C)c1ccc(CSc2nnc(-c3cccc(S(=O)(=O)N4CCOCC4)c3)o2)cc1. The number of morpholine rings is 1. The van der Waals surface area contributed by atoms with Gasteiger partial charge in [0.2, 0.25) is 15.9 Å². The molecule has 0 spiro atoms. The third kappa shape index (κ3) is 5.23. The molecule has 1 aliphatic heterocycles. The number of ether oxygens (including phenoxy) is 1. The van der Waals surface area contributed by atoms with Crippen LogP contribution < -0.4 is 0 Å². The Morgan fingerprint density at radius 1 is 1.03 bits per heavy atom. The van der Waals surface area contributed by atoms with Crippen molar-refractivity contribution in [2.45, 2.75) is 42.1 Å². The number of nitrogens with zero attached hydrogens (tertiary/aromatic N) is 3. The third-order valence-corrected chi connectivity index (χ3v) is 8.06. The zero-order chi connectivity index (χ0) is 22.8. The molecule has 0 radical (unpaired) electrons. The van der Waals surface area contributed by atoms with Gasteiger partial charge in [-0.25, -0.2) is 8.42 Å². The molecule has 0 aliphatic carbocycles. The first-order valence-corrected chi connectivity index (χ1v) is 12.9. The van der Waals surface area contributed by atoms with E-state index < -0.39 is 10.0 Å². The minimum absolute atomic E-state index is 0.122. The minimum Gasteiger partial charge on any atom is -0.411 e. The molecule has 32 heavy (non-hydrogen) atoms. The van der Waals surface area contributed by atoms with E-state index in [0.29, 0.717) is 48.7 Å². The van der Waals surface area contributed by atoms with Gasteiger partial charge in [0.15, 0.2) is 0 Å². The van der Waals surface area contributed by atoms with Gasteiger partial charge < -0.3 is 9.15 Å². The van der Waals surface area contributed by atoms with Crippen molar-refractivity contribution in [1.29, 1.82) is 0 Å². The summed E-state index contributed by atoms with van der Waals surface area (Å²) in [5, 5.41) is 8.68. The Bertz CT molecular complexity index is 1160. The number of benzene rings is 2. The molecule has 1 aliphatic rings. The summed E-state index contributed by atoms with van der Waals surface area (Å²) in [6, 6.07) is 15.2. The summed E-state index contributed by atoms with van der Waals surface area (Å²) in [4.78, 5) is 0.211. The van der Waals surface area contributed by atoms with Gasteiger partial charge in [-0.2, -0.15) is 4.31 Å². The van der Waals surface area contributed by atoms with Crippen molar-refractivity contribution in [3.05, 3.63) is 59.7 Å². The second-order valence-corrected chi connectivity index (χ2v) is 11.5. The van der Waals surface area contributed by atoms with Crippen LogP contribution >= 0.6 is 11.8 Å². The van der Waals surface area contributed by atoms with Crippen LogP contribution in [0.2, 0.25) is 0 Å². The predicted octanol–water partition coefficient (Wildman–Crippen LogP) is 4.35. The van der Waals surface area contributed by atoms with E-state index >= 15 is 0 Å². The van der Waals surface area contributed by atoms with Gasteiger partial charge >= 0.3 is 0 Å². The first kappa shape index (κ1) is 23.0. The number of thioether (sulfide) groups is 1. The van der Waals surface area contributed by atoms with E-state index in [9.17, 15) is 8.42 Å². The zero-order valence-electron chi connectivity index (χ0n) is 18.4. The summed E-state index contributed by atoms with van der Waals surface area (Å²) < 4.78 is 38.3. The maximum absolute atomic E-state index is 12.9. The van der Waals surface area contributed by atoms with E-state index in [1.165, 1.54) is 27.2 Å². The highest BCUT2D eigenvalue weighted by molar-refractivity contribution is 7.98. The van der Waals surface area contributed by atoms with Gasteiger partial charge in [0, 0.05) is 24.4 Å². The molecule has 7 nitrogen and oxygen atoms in total. The van der Waals surface area contributed by atoms with E-state index in [1.54, 1.807) is 24.3 Å². The number of sulfonamides is 1. The largest absolute Gasteiger partial charge is 0.411 e. The van der Waals surface area contributed by atoms with Crippen LogP contribution in [0.5, 0.6) is 0 Å². The Kier molecular flexibility index (Phi) is 6.71. The lowest BCUT2D eigenvalue weighted by Gasteiger charge is -2.26. The minimum atomic E-state index is -3.59. The molecule has 1 aromatic heterocycles. The van der Waals surface area contributed by atoms with Crippen molar-refractivity contribution in [2.75, 3.05) is 26.3 Å². The van der Waals surface area contributed by atoms with Gasteiger partial charge in [-0.3, -0.25) is 0 Å². The highest BCUT2D eigenvalue weighted by atomic mass is 32.2. The lowest BCUT2D eigenvalue weighted by atomic mass is 9.87. The second kappa shape index (κ2) is 9.35. The smallest absolute Gasteiger partial charge is 0.277 e. The molecule has 2 aromatic carbocycles. The molecule has 0 bridgehead atoms. The Morgan fingerprint density at radius 2 is 1.75 bits per heavy atom. The molecule has 1 saturated heterocycles. The van der Waals surface area contributed by atoms with Crippen LogP contribution in [-0.4, -0.2) is 49.2 Å². The van der Waals surface area contributed by atoms with E-state index in [-0.39, 0.29) is 10.3 Å². The maximum Gasteiger partial charge on any atom is 0.277 e. The fourth-order valence-corrected chi connectivity index (χ4v) is 5.53. The van der Waals surface area contributed by atoms with Crippen molar-refractivity contribution >= 4 is 21.8 Å². The summed E-state index contributed by atoms with van der Waals surface area (Å²) >= 11 is 1.45. The maximum atomic E-state index is 12.9. The molecule has 0 amide bonds. The summed E-state index contributed by atoms with van der Waals surface area (Å²) in [6.45, 7) is 8.09. The fourth-order valence-electron chi connectivity index (χ4n) is 3.36. The summed E-state index contributed by atoms with van der Waals surface area (Å²) in [7, 11) is -3.59. The molecule has 4 rings (SSSR count). The molecule has 0 unspecified atom stereocenters. The van der Waals surface area contributed by atoms with E-state index in [2.05, 4.69) is 55.2 Å². The molecule has 0 atom stereocenters. The second-order valence-electron chi connectivity index (χ2n) is 8.65. The average Bonchev–Trinajstić information content (AvgIpc) is 3.27. The molecule has 3 aromatic rings. The van der Waals surface area contributed by atoms with Crippen LogP contribution in [0.1, 0.15) is 31.9 Å². The van der Waals surface area contributed by atoms with Crippen LogP contribution in [0.4, 0.5) is 0 Å². The molecule has 170 valence electrons.